The molecule has 106 valence electrons. The number of nitrogens with one attached hydrogen (secondary N) is 2. The van der Waals surface area contributed by atoms with Gasteiger partial charge in [0.05, 0.1) is 6.10 Å². The van der Waals surface area contributed by atoms with Gasteiger partial charge >= 0.3 is 0 Å². The summed E-state index contributed by atoms with van der Waals surface area (Å²) >= 11 is 0. The zero-order valence-electron chi connectivity index (χ0n) is 11.7. The van der Waals surface area contributed by atoms with E-state index < -0.39 is 0 Å². The van der Waals surface area contributed by atoms with Gasteiger partial charge in [0.1, 0.15) is 0 Å². The summed E-state index contributed by atoms with van der Waals surface area (Å²) in [6.07, 6.45) is 4.58. The summed E-state index contributed by atoms with van der Waals surface area (Å²) in [5.41, 5.74) is 0. The second kappa shape index (κ2) is 10.1. The first kappa shape index (κ1) is 15.2. The highest BCUT2D eigenvalue weighted by Gasteiger charge is 2.13. The molecule has 1 heterocycles. The van der Waals surface area contributed by atoms with E-state index in [0.717, 1.165) is 64.6 Å². The zero-order chi connectivity index (χ0) is 13.1. The first-order valence-electron chi connectivity index (χ1n) is 7.00. The summed E-state index contributed by atoms with van der Waals surface area (Å²) in [7, 11) is 1.80. The first-order chi connectivity index (χ1) is 8.86. The molecule has 0 unspecified atom stereocenters. The normalized spacial score (nSPS) is 17.8. The van der Waals surface area contributed by atoms with Crippen LogP contribution in [0.2, 0.25) is 0 Å². The molecule has 1 saturated heterocycles. The molecule has 18 heavy (non-hydrogen) atoms. The lowest BCUT2D eigenvalue weighted by atomic mass is 10.1. The largest absolute Gasteiger partial charge is 0.381 e. The molecule has 1 fully saturated rings. The maximum atomic E-state index is 5.80. The van der Waals surface area contributed by atoms with Gasteiger partial charge in [-0.3, -0.25) is 4.99 Å². The molecule has 1 aliphatic rings. The number of hydrogen-bond donors (Lipinski definition) is 2. The average Bonchev–Trinajstić information content (AvgIpc) is 2.43. The van der Waals surface area contributed by atoms with Crippen LogP contribution < -0.4 is 10.6 Å². The van der Waals surface area contributed by atoms with Gasteiger partial charge in [0.2, 0.25) is 0 Å². The molecular formula is C13H27N3O2. The second-order valence-corrected chi connectivity index (χ2v) is 4.46. The van der Waals surface area contributed by atoms with Crippen molar-refractivity contribution < 1.29 is 9.47 Å². The minimum atomic E-state index is 0.399. The Bertz CT molecular complexity index is 228. The summed E-state index contributed by atoms with van der Waals surface area (Å²) in [5, 5.41) is 6.52. The third-order valence-electron chi connectivity index (χ3n) is 2.90. The highest BCUT2D eigenvalue weighted by atomic mass is 16.5. The predicted octanol–water partition coefficient (Wildman–Crippen LogP) is 1.15. The molecule has 1 aliphatic heterocycles. The number of rotatable bonds is 7. The molecule has 0 amide bonds. The quantitative estimate of drug-likeness (QED) is 0.408. The lowest BCUT2D eigenvalue weighted by Crippen LogP contribution is -2.38. The Balaban J connectivity index is 1.96. The smallest absolute Gasteiger partial charge is 0.190 e. The van der Waals surface area contributed by atoms with Crippen molar-refractivity contribution in [2.24, 2.45) is 4.99 Å². The van der Waals surface area contributed by atoms with E-state index >= 15 is 0 Å². The van der Waals surface area contributed by atoms with E-state index in [1.54, 1.807) is 7.05 Å². The van der Waals surface area contributed by atoms with E-state index in [2.05, 4.69) is 22.5 Å². The van der Waals surface area contributed by atoms with Crippen LogP contribution in [0.25, 0.3) is 0 Å². The van der Waals surface area contributed by atoms with Gasteiger partial charge in [0.15, 0.2) is 5.96 Å². The van der Waals surface area contributed by atoms with Crippen molar-refractivity contribution in [3.63, 3.8) is 0 Å². The number of guanidine groups is 1. The topological polar surface area (TPSA) is 54.9 Å². The summed E-state index contributed by atoms with van der Waals surface area (Å²) in [6.45, 7) is 6.49. The number of aliphatic imine (C=N–C) groups is 1. The summed E-state index contributed by atoms with van der Waals surface area (Å²) in [5.74, 6) is 0.878. The minimum Gasteiger partial charge on any atom is -0.381 e. The summed E-state index contributed by atoms with van der Waals surface area (Å²) < 4.78 is 11.1. The van der Waals surface area contributed by atoms with Gasteiger partial charge < -0.3 is 20.1 Å². The molecule has 0 bridgehead atoms. The van der Waals surface area contributed by atoms with E-state index in [4.69, 9.17) is 9.47 Å². The molecular weight excluding hydrogens is 230 g/mol. The van der Waals surface area contributed by atoms with Gasteiger partial charge in [-0.1, -0.05) is 6.92 Å². The van der Waals surface area contributed by atoms with E-state index in [9.17, 15) is 0 Å². The maximum Gasteiger partial charge on any atom is 0.190 e. The molecule has 0 spiro atoms. The van der Waals surface area contributed by atoms with Crippen LogP contribution in [0.1, 0.15) is 32.6 Å². The van der Waals surface area contributed by atoms with Crippen LogP contribution in [0, 0.1) is 0 Å². The average molecular weight is 257 g/mol. The van der Waals surface area contributed by atoms with Crippen molar-refractivity contribution in [3.05, 3.63) is 0 Å². The minimum absolute atomic E-state index is 0.399. The number of hydrogen-bond acceptors (Lipinski definition) is 3. The molecule has 1 rings (SSSR count). The lowest BCUT2D eigenvalue weighted by molar-refractivity contribution is -0.0320. The van der Waals surface area contributed by atoms with Crippen LogP contribution in [0.5, 0.6) is 0 Å². The molecule has 2 N–H and O–H groups in total. The fourth-order valence-electron chi connectivity index (χ4n) is 1.84. The molecule has 5 heteroatoms. The Kier molecular flexibility index (Phi) is 8.59. The number of ether oxygens (including phenoxy) is 2. The van der Waals surface area contributed by atoms with E-state index in [1.165, 1.54) is 0 Å². The molecule has 0 atom stereocenters. The van der Waals surface area contributed by atoms with Crippen LogP contribution in [-0.4, -0.2) is 52.0 Å². The lowest BCUT2D eigenvalue weighted by Gasteiger charge is -2.22. The fourth-order valence-corrected chi connectivity index (χ4v) is 1.84. The number of nitrogens with zero attached hydrogens (tertiary/aromatic N) is 1. The van der Waals surface area contributed by atoms with Crippen LogP contribution >= 0.6 is 0 Å². The Morgan fingerprint density at radius 1 is 1.28 bits per heavy atom. The van der Waals surface area contributed by atoms with Crippen LogP contribution in [0.4, 0.5) is 0 Å². The summed E-state index contributed by atoms with van der Waals surface area (Å²) in [6, 6.07) is 0. The van der Waals surface area contributed by atoms with E-state index in [0.29, 0.717) is 6.10 Å². The highest BCUT2D eigenvalue weighted by molar-refractivity contribution is 5.79. The van der Waals surface area contributed by atoms with Gasteiger partial charge in [0, 0.05) is 40.0 Å². The molecule has 0 radical (unpaired) electrons. The van der Waals surface area contributed by atoms with Gasteiger partial charge in [-0.05, 0) is 25.7 Å². The van der Waals surface area contributed by atoms with Crippen molar-refractivity contribution in [1.82, 2.24) is 10.6 Å². The zero-order valence-corrected chi connectivity index (χ0v) is 11.7. The van der Waals surface area contributed by atoms with Crippen molar-refractivity contribution in [2.45, 2.75) is 38.7 Å². The Labute approximate surface area is 110 Å². The van der Waals surface area contributed by atoms with Crippen molar-refractivity contribution >= 4 is 5.96 Å². The third kappa shape index (κ3) is 6.81. The van der Waals surface area contributed by atoms with E-state index in [-0.39, 0.29) is 0 Å². The maximum absolute atomic E-state index is 5.80. The van der Waals surface area contributed by atoms with E-state index in [1.807, 2.05) is 0 Å². The molecule has 0 aromatic carbocycles. The van der Waals surface area contributed by atoms with Gasteiger partial charge in [-0.15, -0.1) is 0 Å². The van der Waals surface area contributed by atoms with Gasteiger partial charge in [0.25, 0.3) is 0 Å². The molecule has 0 aromatic rings. The highest BCUT2D eigenvalue weighted by Crippen LogP contribution is 2.10. The van der Waals surface area contributed by atoms with Crippen LogP contribution in [0.3, 0.4) is 0 Å². The van der Waals surface area contributed by atoms with Crippen LogP contribution in [-0.2, 0) is 9.47 Å². The second-order valence-electron chi connectivity index (χ2n) is 4.46. The molecule has 5 nitrogen and oxygen atoms in total. The van der Waals surface area contributed by atoms with Crippen molar-refractivity contribution in [3.8, 4) is 0 Å². The molecule has 0 aromatic heterocycles. The monoisotopic (exact) mass is 257 g/mol. The Morgan fingerprint density at radius 3 is 2.67 bits per heavy atom. The molecule has 0 saturated carbocycles. The SMILES string of the molecule is CCCNC(=NC)NCCCOC1CCOCC1. The Hall–Kier alpha value is -0.810. The Morgan fingerprint density at radius 2 is 2.00 bits per heavy atom. The molecule has 0 aliphatic carbocycles. The third-order valence-corrected chi connectivity index (χ3v) is 2.90. The standard InChI is InChI=1S/C13H27N3O2/c1-3-7-15-13(14-2)16-8-4-9-18-12-5-10-17-11-6-12/h12H,3-11H2,1-2H3,(H2,14,15,16). The van der Waals surface area contributed by atoms with Crippen molar-refractivity contribution in [1.29, 1.82) is 0 Å². The van der Waals surface area contributed by atoms with Crippen molar-refractivity contribution in [2.75, 3.05) is 40.0 Å². The fraction of sp³-hybridized carbons (Fsp3) is 0.923. The van der Waals surface area contributed by atoms with Crippen LogP contribution in [0.15, 0.2) is 4.99 Å². The summed E-state index contributed by atoms with van der Waals surface area (Å²) in [4.78, 5) is 4.15. The van der Waals surface area contributed by atoms with Gasteiger partial charge in [-0.25, -0.2) is 0 Å². The first-order valence-corrected chi connectivity index (χ1v) is 7.00. The predicted molar refractivity (Wildman–Crippen MR) is 74.1 cm³/mol. The van der Waals surface area contributed by atoms with Gasteiger partial charge in [-0.2, -0.15) is 0 Å².